The van der Waals surface area contributed by atoms with Crippen LogP contribution in [0.15, 0.2) is 0 Å². The maximum Gasteiger partial charge on any atom is 0.141 e. The Labute approximate surface area is 216 Å². The van der Waals surface area contributed by atoms with Crippen LogP contribution in [-0.4, -0.2) is 89.5 Å². The minimum absolute atomic E-state index is 0.0998. The molecule has 8 nitrogen and oxygen atoms in total. The molecule has 6 unspecified atom stereocenters. The van der Waals surface area contributed by atoms with Gasteiger partial charge < -0.3 is 30.1 Å². The summed E-state index contributed by atoms with van der Waals surface area (Å²) < 4.78 is 12.4. The second-order valence-corrected chi connectivity index (χ2v) is 12.8. The van der Waals surface area contributed by atoms with Gasteiger partial charge in [-0.05, 0) is 81.5 Å². The Morgan fingerprint density at radius 3 is 2.50 bits per heavy atom. The van der Waals surface area contributed by atoms with E-state index in [4.69, 9.17) is 9.47 Å². The molecule has 0 aromatic carbocycles. The predicted molar refractivity (Wildman–Crippen MR) is 136 cm³/mol. The van der Waals surface area contributed by atoms with Crippen LogP contribution < -0.4 is 10.6 Å². The summed E-state index contributed by atoms with van der Waals surface area (Å²) in [6.07, 6.45) is 10.6. The highest BCUT2D eigenvalue weighted by atomic mass is 16.6. The fourth-order valence-electron chi connectivity index (χ4n) is 8.48. The van der Waals surface area contributed by atoms with E-state index in [-0.39, 0.29) is 12.1 Å². The van der Waals surface area contributed by atoms with Gasteiger partial charge in [0.2, 0.25) is 0 Å². The van der Waals surface area contributed by atoms with Crippen LogP contribution in [0, 0.1) is 29.6 Å². The molecule has 6 rings (SSSR count). The van der Waals surface area contributed by atoms with Gasteiger partial charge in [-0.15, -0.1) is 0 Å². The summed E-state index contributed by atoms with van der Waals surface area (Å²) >= 11 is 0. The molecular weight excluding hydrogens is 458 g/mol. The van der Waals surface area contributed by atoms with Crippen molar-refractivity contribution in [2.24, 2.45) is 29.6 Å². The smallest absolute Gasteiger partial charge is 0.141 e. The zero-order valence-corrected chi connectivity index (χ0v) is 21.8. The topological polar surface area (TPSA) is 106 Å². The molecule has 3 saturated heterocycles. The lowest BCUT2D eigenvalue weighted by Gasteiger charge is -2.45. The number of hydrogen-bond donors (Lipinski definition) is 5. The predicted octanol–water partition coefficient (Wildman–Crippen LogP) is 1.77. The maximum atomic E-state index is 11.2. The SMILES string of the molecule is O[C@@H]1[C@H](O)[C@@H]([C@H](O)C2CCC3CCC3C2)O[C@H]1N1CCC2C(CCOCC3CCCCC3)NCNC21. The van der Waals surface area contributed by atoms with E-state index in [0.717, 1.165) is 63.2 Å². The second kappa shape index (κ2) is 11.4. The molecule has 0 bridgehead atoms. The minimum Gasteiger partial charge on any atom is -0.390 e. The molecule has 206 valence electrons. The molecule has 5 N–H and O–H groups in total. The van der Waals surface area contributed by atoms with E-state index in [1.165, 1.54) is 51.4 Å². The lowest BCUT2D eigenvalue weighted by molar-refractivity contribution is -0.142. The number of aliphatic hydroxyl groups is 3. The molecule has 0 aromatic heterocycles. The standard InChI is InChI=1S/C28H49N3O5/c32-23(20-9-7-18-6-8-19(18)14-20)26-24(33)25(34)28(36-26)31-12-10-21-22(29-16-30-27(21)31)11-13-35-15-17-4-2-1-3-5-17/h17-30,32-34H,1-16H2/t18?,19?,20?,21?,22?,23-,24+,25-,26-,27?,28-/m1/s1. The summed E-state index contributed by atoms with van der Waals surface area (Å²) in [4.78, 5) is 2.20. The van der Waals surface area contributed by atoms with E-state index in [2.05, 4.69) is 15.5 Å². The van der Waals surface area contributed by atoms with Gasteiger partial charge in [0.1, 0.15) is 24.5 Å². The van der Waals surface area contributed by atoms with Gasteiger partial charge in [0.05, 0.1) is 12.3 Å². The van der Waals surface area contributed by atoms with Crippen molar-refractivity contribution in [3.05, 3.63) is 0 Å². The summed E-state index contributed by atoms with van der Waals surface area (Å²) in [5, 5.41) is 40.3. The van der Waals surface area contributed by atoms with E-state index in [1.807, 2.05) is 0 Å². The first-order chi connectivity index (χ1) is 17.6. The first kappa shape index (κ1) is 25.9. The van der Waals surface area contributed by atoms with E-state index < -0.39 is 30.6 Å². The highest BCUT2D eigenvalue weighted by Crippen LogP contribution is 2.48. The molecule has 0 aromatic rings. The van der Waals surface area contributed by atoms with Gasteiger partial charge in [-0.25, -0.2) is 0 Å². The summed E-state index contributed by atoms with van der Waals surface area (Å²) in [5.41, 5.74) is 0. The van der Waals surface area contributed by atoms with Gasteiger partial charge in [0.25, 0.3) is 0 Å². The number of aliphatic hydroxyl groups excluding tert-OH is 3. The third kappa shape index (κ3) is 5.14. The van der Waals surface area contributed by atoms with Crippen molar-refractivity contribution in [3.8, 4) is 0 Å². The summed E-state index contributed by atoms with van der Waals surface area (Å²) in [7, 11) is 0. The molecule has 0 radical (unpaired) electrons. The Hall–Kier alpha value is -0.320. The first-order valence-corrected chi connectivity index (χ1v) is 15.1. The lowest BCUT2D eigenvalue weighted by atomic mass is 9.61. The largest absolute Gasteiger partial charge is 0.390 e. The van der Waals surface area contributed by atoms with Crippen LogP contribution in [0.2, 0.25) is 0 Å². The quantitative estimate of drug-likeness (QED) is 0.317. The first-order valence-electron chi connectivity index (χ1n) is 15.1. The normalized spacial score (nSPS) is 46.8. The average Bonchev–Trinajstić information content (AvgIpc) is 3.44. The third-order valence-corrected chi connectivity index (χ3v) is 10.8. The number of ether oxygens (including phenoxy) is 2. The van der Waals surface area contributed by atoms with Gasteiger partial charge in [0, 0.05) is 38.4 Å². The second-order valence-electron chi connectivity index (χ2n) is 12.8. The fourth-order valence-corrected chi connectivity index (χ4v) is 8.48. The van der Waals surface area contributed by atoms with Gasteiger partial charge in [-0.1, -0.05) is 19.3 Å². The van der Waals surface area contributed by atoms with Crippen LogP contribution in [-0.2, 0) is 9.47 Å². The fraction of sp³-hybridized carbons (Fsp3) is 1.00. The van der Waals surface area contributed by atoms with Crippen LogP contribution in [0.3, 0.4) is 0 Å². The molecule has 0 spiro atoms. The Bertz CT molecular complexity index is 723. The maximum absolute atomic E-state index is 11.2. The van der Waals surface area contributed by atoms with Crippen LogP contribution in [0.5, 0.6) is 0 Å². The zero-order chi connectivity index (χ0) is 24.6. The van der Waals surface area contributed by atoms with Crippen molar-refractivity contribution in [1.82, 2.24) is 15.5 Å². The van der Waals surface area contributed by atoms with E-state index >= 15 is 0 Å². The monoisotopic (exact) mass is 507 g/mol. The van der Waals surface area contributed by atoms with E-state index in [0.29, 0.717) is 18.6 Å². The van der Waals surface area contributed by atoms with Crippen LogP contribution >= 0.6 is 0 Å². The van der Waals surface area contributed by atoms with Gasteiger partial charge in [0.15, 0.2) is 0 Å². The van der Waals surface area contributed by atoms with Crippen LogP contribution in [0.4, 0.5) is 0 Å². The van der Waals surface area contributed by atoms with Gasteiger partial charge in [-0.3, -0.25) is 10.2 Å². The van der Waals surface area contributed by atoms with Crippen molar-refractivity contribution in [2.45, 2.75) is 120 Å². The number of nitrogens with zero attached hydrogens (tertiary/aromatic N) is 1. The van der Waals surface area contributed by atoms with Crippen molar-refractivity contribution < 1.29 is 24.8 Å². The number of likely N-dealkylation sites (tertiary alicyclic amines) is 1. The Kier molecular flexibility index (Phi) is 8.23. The third-order valence-electron chi connectivity index (χ3n) is 10.8. The molecule has 3 heterocycles. The molecule has 8 heteroatoms. The van der Waals surface area contributed by atoms with Crippen molar-refractivity contribution in [1.29, 1.82) is 0 Å². The molecule has 3 aliphatic heterocycles. The summed E-state index contributed by atoms with van der Waals surface area (Å²) in [5.74, 6) is 2.90. The van der Waals surface area contributed by atoms with Gasteiger partial charge in [-0.2, -0.15) is 0 Å². The molecule has 3 aliphatic carbocycles. The van der Waals surface area contributed by atoms with E-state index in [9.17, 15) is 15.3 Å². The summed E-state index contributed by atoms with van der Waals surface area (Å²) in [6.45, 7) is 3.22. The highest BCUT2D eigenvalue weighted by molar-refractivity contribution is 5.03. The highest BCUT2D eigenvalue weighted by Gasteiger charge is 2.54. The van der Waals surface area contributed by atoms with Crippen molar-refractivity contribution >= 4 is 0 Å². The molecule has 6 aliphatic rings. The van der Waals surface area contributed by atoms with Crippen LogP contribution in [0.25, 0.3) is 0 Å². The van der Waals surface area contributed by atoms with Gasteiger partial charge >= 0.3 is 0 Å². The minimum atomic E-state index is -1.05. The van der Waals surface area contributed by atoms with Crippen molar-refractivity contribution in [2.75, 3.05) is 26.4 Å². The number of hydrogen-bond acceptors (Lipinski definition) is 8. The molecule has 0 amide bonds. The molecule has 6 fully saturated rings. The zero-order valence-electron chi connectivity index (χ0n) is 21.8. The average molecular weight is 508 g/mol. The molecular formula is C28H49N3O5. The Morgan fingerprint density at radius 1 is 0.917 bits per heavy atom. The van der Waals surface area contributed by atoms with Crippen molar-refractivity contribution in [3.63, 3.8) is 0 Å². The Balaban J connectivity index is 1.01. The lowest BCUT2D eigenvalue weighted by Crippen LogP contribution is -2.62. The summed E-state index contributed by atoms with van der Waals surface area (Å²) in [6, 6.07) is 0.370. The van der Waals surface area contributed by atoms with Crippen LogP contribution in [0.1, 0.15) is 77.0 Å². The molecule has 3 saturated carbocycles. The molecule has 36 heavy (non-hydrogen) atoms. The number of fused-ring (bicyclic) bond motifs is 2. The number of rotatable bonds is 8. The molecule has 11 atom stereocenters. The number of nitrogens with one attached hydrogen (secondary N) is 2. The Morgan fingerprint density at radius 2 is 1.72 bits per heavy atom. The van der Waals surface area contributed by atoms with E-state index in [1.54, 1.807) is 0 Å².